The van der Waals surface area contributed by atoms with Crippen LogP contribution >= 0.6 is 0 Å². The van der Waals surface area contributed by atoms with Gasteiger partial charge in [-0.3, -0.25) is 14.4 Å². The summed E-state index contributed by atoms with van der Waals surface area (Å²) in [6.45, 7) is 11.6. The number of hydrogen-bond donors (Lipinski definition) is 4. The second-order valence-electron chi connectivity index (χ2n) is 6.62. The predicted octanol–water partition coefficient (Wildman–Crippen LogP) is 0.0229. The van der Waals surface area contributed by atoms with Crippen molar-refractivity contribution < 1.29 is 68.8 Å². The smallest absolute Gasteiger partial charge is 0.508 e. The first-order valence-electron chi connectivity index (χ1n) is 9.90. The molecule has 0 aromatic carbocycles. The number of aliphatic hydroxyl groups excluding tert-OH is 3. The molecule has 1 heterocycles. The lowest BCUT2D eigenvalue weighted by Crippen LogP contribution is -2.19. The fraction of sp³-hybridized carbons (Fsp3) is 0.750. The fourth-order valence-electron chi connectivity index (χ4n) is 0.910. The third kappa shape index (κ3) is 39.5. The highest BCUT2D eigenvalue weighted by Gasteiger charge is 2.10. The predicted molar refractivity (Wildman–Crippen MR) is 117 cm³/mol. The van der Waals surface area contributed by atoms with Crippen molar-refractivity contribution in [2.75, 3.05) is 39.6 Å². The van der Waals surface area contributed by atoms with E-state index < -0.39 is 12.1 Å². The lowest BCUT2D eigenvalue weighted by Gasteiger charge is -2.08. The number of aliphatic hydroxyl groups is 2. The summed E-state index contributed by atoms with van der Waals surface area (Å²) < 4.78 is 18.2. The van der Waals surface area contributed by atoms with E-state index in [0.717, 1.165) is 0 Å². The molecule has 1 fully saturated rings. The van der Waals surface area contributed by atoms with Gasteiger partial charge in [0.15, 0.2) is 0 Å². The van der Waals surface area contributed by atoms with Gasteiger partial charge in [0.25, 0.3) is 0 Å². The Hall–Kier alpha value is -2.97. The minimum absolute atomic E-state index is 0. The Labute approximate surface area is 199 Å². The molecule has 0 amide bonds. The summed E-state index contributed by atoms with van der Waals surface area (Å²) in [7, 11) is 0. The highest BCUT2D eigenvalue weighted by atomic mass is 16.8. The van der Waals surface area contributed by atoms with Crippen LogP contribution in [0.5, 0.6) is 0 Å². The molecule has 0 aromatic heterocycles. The van der Waals surface area contributed by atoms with E-state index in [9.17, 15) is 19.2 Å². The van der Waals surface area contributed by atoms with Crippen molar-refractivity contribution >= 4 is 30.5 Å². The van der Waals surface area contributed by atoms with Gasteiger partial charge in [-0.25, -0.2) is 4.79 Å². The summed E-state index contributed by atoms with van der Waals surface area (Å²) in [4.78, 5) is 49.7. The first-order chi connectivity index (χ1) is 15.3. The van der Waals surface area contributed by atoms with Gasteiger partial charge < -0.3 is 49.6 Å². The Morgan fingerprint density at radius 1 is 0.853 bits per heavy atom. The van der Waals surface area contributed by atoms with Gasteiger partial charge in [-0.15, -0.1) is 0 Å². The third-order valence-electron chi connectivity index (χ3n) is 2.63. The largest absolute Gasteiger partial charge is 0.665 e. The van der Waals surface area contributed by atoms with Crippen LogP contribution in [0.4, 0.5) is 4.79 Å². The molecule has 34 heavy (non-hydrogen) atoms. The molecule has 1 saturated heterocycles. The van der Waals surface area contributed by atoms with Crippen LogP contribution < -0.4 is 0 Å². The van der Waals surface area contributed by atoms with Crippen molar-refractivity contribution in [2.45, 2.75) is 41.5 Å². The Kier molecular flexibility index (Phi) is 36.5. The van der Waals surface area contributed by atoms with Gasteiger partial charge in [-0.1, -0.05) is 48.0 Å². The number of cyclic esters (lactones) is 2. The van der Waals surface area contributed by atoms with Crippen molar-refractivity contribution in [1.29, 1.82) is 0 Å². The Morgan fingerprint density at radius 3 is 1.24 bits per heavy atom. The average Bonchev–Trinajstić information content (AvgIpc) is 3.23. The van der Waals surface area contributed by atoms with Crippen LogP contribution in [-0.4, -0.2) is 96.1 Å². The van der Waals surface area contributed by atoms with Crippen LogP contribution in [0.2, 0.25) is 0 Å². The highest BCUT2D eigenvalue weighted by molar-refractivity contribution is 5.72. The maximum absolute atomic E-state index is 11.0. The first kappa shape index (κ1) is 41.3. The molecule has 0 spiro atoms. The molecule has 0 atom stereocenters. The number of ether oxygens (including phenoxy) is 4. The van der Waals surface area contributed by atoms with Gasteiger partial charge in [0.1, 0.15) is 26.4 Å². The summed E-state index contributed by atoms with van der Waals surface area (Å²) >= 11 is 0. The minimum Gasteiger partial charge on any atom is -0.665 e. The van der Waals surface area contributed by atoms with Crippen molar-refractivity contribution in [1.82, 2.24) is 0 Å². The van der Waals surface area contributed by atoms with E-state index in [-0.39, 0.29) is 61.6 Å². The molecule has 1 aliphatic heterocycles. The molecule has 0 bridgehead atoms. The van der Waals surface area contributed by atoms with Crippen LogP contribution in [-0.2, 0) is 38.1 Å². The third-order valence-corrected chi connectivity index (χ3v) is 2.63. The van der Waals surface area contributed by atoms with Crippen molar-refractivity contribution in [3.8, 4) is 0 Å². The lowest BCUT2D eigenvalue weighted by molar-refractivity contribution is -0.156. The Bertz CT molecular complexity index is 483. The number of carbonyl (C=O) groups is 4. The molecule has 0 saturated carbocycles. The summed E-state index contributed by atoms with van der Waals surface area (Å²) in [5.74, 6) is -1.80. The van der Waals surface area contributed by atoms with Crippen molar-refractivity contribution in [3.63, 3.8) is 0 Å². The van der Waals surface area contributed by atoms with E-state index in [1.165, 1.54) is 0 Å². The van der Waals surface area contributed by atoms with Crippen LogP contribution in [0.1, 0.15) is 41.5 Å². The average molecular weight is 504 g/mol. The number of esters is 2. The van der Waals surface area contributed by atoms with Gasteiger partial charge in [0.05, 0.1) is 31.0 Å². The quantitative estimate of drug-likeness (QED) is 0.155. The van der Waals surface area contributed by atoms with E-state index in [4.69, 9.17) is 34.7 Å². The van der Waals surface area contributed by atoms with Gasteiger partial charge >= 0.3 is 24.1 Å². The molecule has 1 aliphatic rings. The molecule has 0 unspecified atom stereocenters. The summed E-state index contributed by atoms with van der Waals surface area (Å²) in [5, 5.41) is 30.0. The number of hydrogen-bond acceptors (Lipinski definition) is 11. The minimum atomic E-state index is -0.741. The maximum atomic E-state index is 11.0. The zero-order valence-corrected chi connectivity index (χ0v) is 20.4. The number of rotatable bonds is 7. The van der Waals surface area contributed by atoms with Crippen LogP contribution in [0.3, 0.4) is 0 Å². The molecular weight excluding hydrogens is 464 g/mol. The van der Waals surface area contributed by atoms with E-state index >= 15 is 0 Å². The van der Waals surface area contributed by atoms with E-state index in [1.807, 2.05) is 0 Å². The topological polar surface area (TPSA) is 235 Å². The zero-order chi connectivity index (χ0) is 26.8. The van der Waals surface area contributed by atoms with Gasteiger partial charge in [0.2, 0.25) is 0 Å². The maximum Gasteiger partial charge on any atom is 0.508 e. The zero-order valence-electron chi connectivity index (χ0n) is 20.4. The highest BCUT2D eigenvalue weighted by Crippen LogP contribution is 1.98. The molecule has 14 nitrogen and oxygen atoms in total. The van der Waals surface area contributed by atoms with Crippen LogP contribution in [0, 0.1) is 17.8 Å². The van der Waals surface area contributed by atoms with Crippen LogP contribution in [0.15, 0.2) is 0 Å². The number of aliphatic carboxylic acids is 1. The second kappa shape index (κ2) is 30.0. The molecule has 0 radical (unpaired) electrons. The number of carboxylic acids is 1. The summed E-state index contributed by atoms with van der Waals surface area (Å²) in [5.41, 5.74) is 0. The second-order valence-corrected chi connectivity index (χ2v) is 6.62. The summed E-state index contributed by atoms with van der Waals surface area (Å²) in [6, 6.07) is 0. The molecule has 0 aromatic rings. The first-order valence-corrected chi connectivity index (χ1v) is 9.90. The standard InChI is InChI=1S/C10H18O4.C4H8O2.C3H4O3.C2H6O2.CHO2.H2O/c1-7(2)9(11)13-5-6-14-10(12)8(3)4;1-3(2)4(5)6;4-3-5-1-2-6-3;3-1-2-4;2-1-3;/h7-8H,5-6H2,1-4H3;3H,1-2H3,(H,5,6);1-2H2;3-4H,1-2H2;(H,2,3);1H2/q;;;;-1;. The van der Waals surface area contributed by atoms with E-state index in [2.05, 4.69) is 9.47 Å². The van der Waals surface area contributed by atoms with E-state index in [0.29, 0.717) is 19.7 Å². The molecule has 14 heteroatoms. The normalized spacial score (nSPS) is 10.6. The molecule has 0 aliphatic carbocycles. The molecular formula is C20H39O14-. The number of carboxylic acid groups (broad SMARTS) is 1. The van der Waals surface area contributed by atoms with Gasteiger partial charge in [-0.2, -0.15) is 0 Å². The molecule has 204 valence electrons. The number of carbonyl (C=O) groups excluding carboxylic acids is 3. The van der Waals surface area contributed by atoms with Gasteiger partial charge in [-0.05, 0) is 0 Å². The summed E-state index contributed by atoms with van der Waals surface area (Å²) in [6.07, 6.45) is -0.546. The SMILES string of the molecule is CC(C)C(=O)O.CC(C)C(=O)OCCOC(=O)C(C)C.O.O=C1OCCO1.O=[C-]O.OCCO. The molecule has 6 N–H and O–H groups in total. The van der Waals surface area contributed by atoms with Crippen LogP contribution in [0.25, 0.3) is 0 Å². The fourth-order valence-corrected chi connectivity index (χ4v) is 0.910. The van der Waals surface area contributed by atoms with E-state index in [1.54, 1.807) is 41.5 Å². The Balaban J connectivity index is -0.000000117. The monoisotopic (exact) mass is 503 g/mol. The van der Waals surface area contributed by atoms with Crippen molar-refractivity contribution in [3.05, 3.63) is 0 Å². The lowest BCUT2D eigenvalue weighted by atomic mass is 10.2. The van der Waals surface area contributed by atoms with Gasteiger partial charge in [0, 0.05) is 0 Å². The van der Waals surface area contributed by atoms with Crippen molar-refractivity contribution in [2.24, 2.45) is 17.8 Å². The molecule has 1 rings (SSSR count). The Morgan fingerprint density at radius 2 is 1.12 bits per heavy atom.